The van der Waals surface area contributed by atoms with Gasteiger partial charge in [-0.25, -0.2) is 0 Å². The van der Waals surface area contributed by atoms with E-state index in [1.807, 2.05) is 0 Å². The summed E-state index contributed by atoms with van der Waals surface area (Å²) >= 11 is 0.640. The summed E-state index contributed by atoms with van der Waals surface area (Å²) in [6.07, 6.45) is 0. The molecule has 0 saturated carbocycles. The molecule has 108 valence electrons. The van der Waals surface area contributed by atoms with Crippen LogP contribution in [0, 0.1) is 0 Å². The van der Waals surface area contributed by atoms with Crippen LogP contribution < -0.4 is 5.32 Å². The van der Waals surface area contributed by atoms with Gasteiger partial charge in [0.25, 0.3) is 5.91 Å². The van der Waals surface area contributed by atoms with E-state index in [1.165, 1.54) is 6.07 Å². The predicted molar refractivity (Wildman–Crippen MR) is 62.3 cm³/mol. The van der Waals surface area contributed by atoms with Crippen molar-refractivity contribution in [2.75, 3.05) is 0 Å². The van der Waals surface area contributed by atoms with Gasteiger partial charge in [0, 0.05) is 0 Å². The molecule has 0 aliphatic carbocycles. The quantitative estimate of drug-likeness (QED) is 0.820. The van der Waals surface area contributed by atoms with Crippen molar-refractivity contribution in [1.29, 1.82) is 0 Å². The van der Waals surface area contributed by atoms with Crippen molar-refractivity contribution in [3.8, 4) is 0 Å². The van der Waals surface area contributed by atoms with Crippen LogP contribution in [0.25, 0.3) is 0 Å². The number of aliphatic hydroxyl groups excluding tert-OH is 1. The van der Waals surface area contributed by atoms with E-state index in [0.29, 0.717) is 11.8 Å². The molecular weight excluding hydrogens is 313 g/mol. The van der Waals surface area contributed by atoms with Crippen molar-refractivity contribution >= 4 is 27.9 Å². The lowest BCUT2D eigenvalue weighted by molar-refractivity contribution is -0.124. The Morgan fingerprint density at radius 3 is 2.32 bits per heavy atom. The zero-order valence-corrected chi connectivity index (χ0v) is 10.7. The fourth-order valence-electron chi connectivity index (χ4n) is 1.50. The highest BCUT2D eigenvalue weighted by atomic mass is 32.5. The molecule has 0 bridgehead atoms. The molecule has 1 aromatic rings. The SMILES string of the molecule is O=C1NC(c2cccc(S(F)(F)(F)(F)F)c2)SC1O. The highest BCUT2D eigenvalue weighted by molar-refractivity contribution is 8.45. The number of nitrogens with one attached hydrogen (secondary N) is 1. The number of aliphatic hydroxyl groups is 1. The van der Waals surface area contributed by atoms with Crippen LogP contribution >= 0.6 is 22.0 Å². The molecule has 2 atom stereocenters. The molecule has 1 amide bonds. The van der Waals surface area contributed by atoms with Crippen LogP contribution in [0.3, 0.4) is 0 Å². The molecule has 0 radical (unpaired) electrons. The summed E-state index contributed by atoms with van der Waals surface area (Å²) < 4.78 is 63.1. The van der Waals surface area contributed by atoms with Crippen molar-refractivity contribution in [1.82, 2.24) is 5.32 Å². The summed E-state index contributed by atoms with van der Waals surface area (Å²) in [5.74, 6) is -0.771. The third-order valence-electron chi connectivity index (χ3n) is 2.37. The lowest BCUT2D eigenvalue weighted by Crippen LogP contribution is -2.23. The molecule has 1 heterocycles. The number of hydrogen-bond acceptors (Lipinski definition) is 3. The fraction of sp³-hybridized carbons (Fsp3) is 0.222. The van der Waals surface area contributed by atoms with E-state index in [1.54, 1.807) is 0 Å². The lowest BCUT2D eigenvalue weighted by atomic mass is 10.2. The van der Waals surface area contributed by atoms with Crippen molar-refractivity contribution < 1.29 is 29.3 Å². The van der Waals surface area contributed by atoms with Crippen LogP contribution in [-0.2, 0) is 4.79 Å². The maximum atomic E-state index is 12.6. The second kappa shape index (κ2) is 3.55. The van der Waals surface area contributed by atoms with Crippen LogP contribution in [0.15, 0.2) is 29.2 Å². The molecule has 10 heteroatoms. The lowest BCUT2D eigenvalue weighted by Gasteiger charge is -2.40. The average Bonchev–Trinajstić information content (AvgIpc) is 2.56. The van der Waals surface area contributed by atoms with E-state index in [4.69, 9.17) is 5.11 Å². The van der Waals surface area contributed by atoms with Gasteiger partial charge in [-0.1, -0.05) is 43.3 Å². The topological polar surface area (TPSA) is 49.3 Å². The normalized spacial score (nSPS) is 27.6. The predicted octanol–water partition coefficient (Wildman–Crippen LogP) is 3.52. The highest BCUT2D eigenvalue weighted by Gasteiger charge is 2.65. The first-order valence-electron chi connectivity index (χ1n) is 4.85. The zero-order chi connectivity index (χ0) is 14.5. The average molecular weight is 321 g/mol. The Labute approximate surface area is 108 Å². The molecule has 1 aliphatic rings. The molecule has 2 N–H and O–H groups in total. The van der Waals surface area contributed by atoms with Gasteiger partial charge in [0.15, 0.2) is 5.44 Å². The van der Waals surface area contributed by atoms with Gasteiger partial charge in [-0.15, -0.1) is 0 Å². The molecule has 0 spiro atoms. The van der Waals surface area contributed by atoms with Crippen molar-refractivity contribution in [2.45, 2.75) is 15.7 Å². The Morgan fingerprint density at radius 1 is 1.21 bits per heavy atom. The molecule has 1 aromatic carbocycles. The number of benzene rings is 1. The second-order valence-electron chi connectivity index (χ2n) is 3.92. The Kier molecular flexibility index (Phi) is 2.69. The van der Waals surface area contributed by atoms with Crippen LogP contribution in [0.4, 0.5) is 19.4 Å². The van der Waals surface area contributed by atoms with Gasteiger partial charge in [-0.2, -0.15) is 0 Å². The van der Waals surface area contributed by atoms with Crippen molar-refractivity contribution in [2.24, 2.45) is 0 Å². The maximum absolute atomic E-state index is 12.6. The zero-order valence-electron chi connectivity index (χ0n) is 9.03. The first kappa shape index (κ1) is 14.4. The molecule has 19 heavy (non-hydrogen) atoms. The van der Waals surface area contributed by atoms with E-state index in [9.17, 15) is 24.2 Å². The third-order valence-corrected chi connectivity index (χ3v) is 4.65. The summed E-state index contributed by atoms with van der Waals surface area (Å²) in [5.41, 5.74) is -1.57. The standard InChI is InChI=1S/C9H8F5NO2S2/c10-19(11,12,13,14)6-3-1-2-5(4-6)8-15-7(16)9(17)18-8/h1-4,8-9,17H,(H,15,16). The van der Waals surface area contributed by atoms with E-state index in [-0.39, 0.29) is 17.7 Å². The smallest absolute Gasteiger partial charge is 0.310 e. The molecule has 2 rings (SSSR count). The Morgan fingerprint density at radius 2 is 1.84 bits per heavy atom. The summed E-state index contributed by atoms with van der Waals surface area (Å²) in [6, 6.07) is 2.57. The summed E-state index contributed by atoms with van der Waals surface area (Å²) in [5, 5.41) is 10.4. The number of thioether (sulfide) groups is 1. The third kappa shape index (κ3) is 3.12. The maximum Gasteiger partial charge on any atom is 0.310 e. The molecule has 3 nitrogen and oxygen atoms in total. The number of hydrogen-bond donors (Lipinski definition) is 2. The van der Waals surface area contributed by atoms with E-state index in [2.05, 4.69) is 5.32 Å². The molecule has 2 unspecified atom stereocenters. The van der Waals surface area contributed by atoms with Crippen molar-refractivity contribution in [3.63, 3.8) is 0 Å². The monoisotopic (exact) mass is 321 g/mol. The molecular formula is C9H8F5NO2S2. The van der Waals surface area contributed by atoms with Gasteiger partial charge in [-0.3, -0.25) is 4.79 Å². The minimum absolute atomic E-state index is 0.152. The van der Waals surface area contributed by atoms with Crippen molar-refractivity contribution in [3.05, 3.63) is 29.8 Å². The minimum atomic E-state index is -9.74. The molecule has 0 aromatic heterocycles. The summed E-state index contributed by atoms with van der Waals surface area (Å²) in [7, 11) is -9.74. The van der Waals surface area contributed by atoms with Gasteiger partial charge < -0.3 is 10.4 Å². The summed E-state index contributed by atoms with van der Waals surface area (Å²) in [6.45, 7) is 0. The Bertz CT molecular complexity index is 547. The molecule has 1 saturated heterocycles. The van der Waals surface area contributed by atoms with Gasteiger partial charge in [-0.05, 0) is 17.7 Å². The van der Waals surface area contributed by atoms with Gasteiger partial charge >= 0.3 is 10.2 Å². The van der Waals surface area contributed by atoms with Crippen LogP contribution in [0.2, 0.25) is 0 Å². The number of rotatable bonds is 2. The van der Waals surface area contributed by atoms with Gasteiger partial charge in [0.2, 0.25) is 0 Å². The summed E-state index contributed by atoms with van der Waals surface area (Å²) in [4.78, 5) is 9.00. The van der Waals surface area contributed by atoms with E-state index >= 15 is 0 Å². The second-order valence-corrected chi connectivity index (χ2v) is 7.52. The Hall–Kier alpha value is -1.00. The molecule has 1 fully saturated rings. The number of halogens is 5. The largest absolute Gasteiger partial charge is 0.373 e. The fourth-order valence-corrected chi connectivity index (χ4v) is 3.14. The number of amides is 1. The minimum Gasteiger partial charge on any atom is -0.373 e. The first-order valence-corrected chi connectivity index (χ1v) is 7.74. The van der Waals surface area contributed by atoms with Crippen LogP contribution in [0.5, 0.6) is 0 Å². The Balaban J connectivity index is 2.40. The van der Waals surface area contributed by atoms with Crippen LogP contribution in [0.1, 0.15) is 10.9 Å². The van der Waals surface area contributed by atoms with E-state index in [0.717, 1.165) is 6.07 Å². The number of carbonyl (C=O) groups is 1. The van der Waals surface area contributed by atoms with Gasteiger partial charge in [0.05, 0.1) is 0 Å². The van der Waals surface area contributed by atoms with Gasteiger partial charge in [0.1, 0.15) is 10.3 Å². The van der Waals surface area contributed by atoms with E-state index < -0.39 is 31.8 Å². The number of carbonyl (C=O) groups excluding carboxylic acids is 1. The molecule has 1 aliphatic heterocycles. The van der Waals surface area contributed by atoms with Crippen LogP contribution in [-0.4, -0.2) is 16.4 Å². The highest BCUT2D eigenvalue weighted by Crippen LogP contribution is 3.02. The first-order chi connectivity index (χ1) is 8.36.